The molecular formula is C23H23F2N3O3. The third kappa shape index (κ3) is 3.87. The molecule has 2 aromatic carbocycles. The van der Waals surface area contributed by atoms with Crippen molar-refractivity contribution in [3.63, 3.8) is 0 Å². The fraction of sp³-hybridized carbons (Fsp3) is 0.391. The summed E-state index contributed by atoms with van der Waals surface area (Å²) in [5.41, 5.74) is 3.01. The maximum Gasteiger partial charge on any atom is 0.417 e. The number of aromatic nitrogens is 1. The predicted molar refractivity (Wildman–Crippen MR) is 111 cm³/mol. The Balaban J connectivity index is 1.20. The normalized spacial score (nSPS) is 20.8. The van der Waals surface area contributed by atoms with Crippen LogP contribution in [0, 0.1) is 11.6 Å². The van der Waals surface area contributed by atoms with Crippen molar-refractivity contribution >= 4 is 17.0 Å². The highest BCUT2D eigenvalue weighted by molar-refractivity contribution is 5.84. The van der Waals surface area contributed by atoms with Crippen LogP contribution in [0.1, 0.15) is 36.3 Å². The molecule has 31 heavy (non-hydrogen) atoms. The van der Waals surface area contributed by atoms with E-state index in [2.05, 4.69) is 9.88 Å². The zero-order valence-electron chi connectivity index (χ0n) is 16.9. The van der Waals surface area contributed by atoms with E-state index < -0.39 is 17.4 Å². The summed E-state index contributed by atoms with van der Waals surface area (Å²) in [4.78, 5) is 30.9. The lowest BCUT2D eigenvalue weighted by Crippen LogP contribution is -2.45. The second-order valence-electron chi connectivity index (χ2n) is 8.39. The van der Waals surface area contributed by atoms with Crippen LogP contribution in [-0.2, 0) is 11.3 Å². The van der Waals surface area contributed by atoms with Crippen molar-refractivity contribution in [2.45, 2.75) is 37.8 Å². The fourth-order valence-electron chi connectivity index (χ4n) is 4.84. The van der Waals surface area contributed by atoms with Gasteiger partial charge in [-0.15, -0.1) is 0 Å². The second-order valence-corrected chi connectivity index (χ2v) is 8.39. The van der Waals surface area contributed by atoms with Gasteiger partial charge in [-0.05, 0) is 73.7 Å². The zero-order valence-corrected chi connectivity index (χ0v) is 16.9. The minimum atomic E-state index is -0.889. The first kappa shape index (κ1) is 19.9. The lowest BCUT2D eigenvalue weighted by Gasteiger charge is -2.35. The molecule has 8 heteroatoms. The van der Waals surface area contributed by atoms with E-state index in [9.17, 15) is 18.4 Å². The van der Waals surface area contributed by atoms with Gasteiger partial charge in [0.2, 0.25) is 5.91 Å². The number of piperidine rings is 1. The molecule has 0 radical (unpaired) electrons. The van der Waals surface area contributed by atoms with Gasteiger partial charge in [0.1, 0.15) is 0 Å². The number of amides is 1. The van der Waals surface area contributed by atoms with Gasteiger partial charge in [-0.25, -0.2) is 13.6 Å². The Morgan fingerprint density at radius 3 is 2.55 bits per heavy atom. The Morgan fingerprint density at radius 1 is 0.968 bits per heavy atom. The van der Waals surface area contributed by atoms with Crippen molar-refractivity contribution < 1.29 is 18.0 Å². The van der Waals surface area contributed by atoms with Crippen molar-refractivity contribution in [1.82, 2.24) is 14.8 Å². The van der Waals surface area contributed by atoms with Crippen molar-refractivity contribution in [3.8, 4) is 0 Å². The van der Waals surface area contributed by atoms with Crippen molar-refractivity contribution in [2.24, 2.45) is 0 Å². The summed E-state index contributed by atoms with van der Waals surface area (Å²) in [5.74, 6) is -1.81. The third-order valence-electron chi connectivity index (χ3n) is 6.51. The average Bonchev–Trinajstić information content (AvgIpc) is 3.32. The maximum atomic E-state index is 13.5. The van der Waals surface area contributed by atoms with Crippen molar-refractivity contribution in [2.75, 3.05) is 19.6 Å². The molecule has 1 N–H and O–H groups in total. The summed E-state index contributed by atoms with van der Waals surface area (Å²) in [5, 5.41) is 0. The smallest absolute Gasteiger partial charge is 0.408 e. The molecule has 1 atom stereocenters. The van der Waals surface area contributed by atoms with Crippen LogP contribution in [0.25, 0.3) is 11.1 Å². The fourth-order valence-corrected chi connectivity index (χ4v) is 4.84. The van der Waals surface area contributed by atoms with E-state index in [0.717, 1.165) is 50.0 Å². The summed E-state index contributed by atoms with van der Waals surface area (Å²) in [6, 6.07) is 9.45. The quantitative estimate of drug-likeness (QED) is 0.693. The molecule has 5 rings (SSSR count). The zero-order chi connectivity index (χ0) is 21.5. The molecule has 0 spiro atoms. The highest BCUT2D eigenvalue weighted by Gasteiger charge is 2.37. The lowest BCUT2D eigenvalue weighted by atomic mass is 9.88. The molecule has 2 aliphatic rings. The number of nitrogens with one attached hydrogen (secondary N) is 1. The monoisotopic (exact) mass is 427 g/mol. The second kappa shape index (κ2) is 7.92. The lowest BCUT2D eigenvalue weighted by molar-refractivity contribution is -0.133. The van der Waals surface area contributed by atoms with Crippen LogP contribution in [0.4, 0.5) is 8.78 Å². The first-order valence-electron chi connectivity index (χ1n) is 10.6. The molecule has 0 unspecified atom stereocenters. The third-order valence-corrected chi connectivity index (χ3v) is 6.51. The van der Waals surface area contributed by atoms with E-state index in [1.165, 1.54) is 6.07 Å². The van der Waals surface area contributed by atoms with Crippen molar-refractivity contribution in [3.05, 3.63) is 69.7 Å². The molecule has 2 aliphatic heterocycles. The largest absolute Gasteiger partial charge is 0.417 e. The van der Waals surface area contributed by atoms with Crippen LogP contribution in [0.3, 0.4) is 0 Å². The number of rotatable bonds is 4. The summed E-state index contributed by atoms with van der Waals surface area (Å²) < 4.78 is 31.8. The van der Waals surface area contributed by atoms with Crippen LogP contribution < -0.4 is 5.76 Å². The first-order chi connectivity index (χ1) is 15.0. The van der Waals surface area contributed by atoms with Crippen LogP contribution >= 0.6 is 0 Å². The first-order valence-corrected chi connectivity index (χ1v) is 10.6. The van der Waals surface area contributed by atoms with Crippen LogP contribution in [0.2, 0.25) is 0 Å². The number of aromatic amines is 1. The van der Waals surface area contributed by atoms with Crippen molar-refractivity contribution in [1.29, 1.82) is 0 Å². The van der Waals surface area contributed by atoms with E-state index in [1.807, 2.05) is 18.2 Å². The van der Waals surface area contributed by atoms with Gasteiger partial charge in [0, 0.05) is 13.1 Å². The molecule has 1 aromatic heterocycles. The molecule has 1 amide bonds. The standard InChI is InChI=1S/C23H23F2N3O3/c24-17-3-1-14(11-18(17)25)13-28-10-7-20(22(28)29)27-8-5-15(6-9-27)16-2-4-19-21(12-16)31-23(30)26-19/h1-4,11-12,15,20H,5-10,13H2,(H,26,30)/t20-/m1/s1. The molecule has 0 bridgehead atoms. The molecule has 6 nitrogen and oxygen atoms in total. The van der Waals surface area contributed by atoms with E-state index in [0.29, 0.717) is 35.7 Å². The molecule has 0 aliphatic carbocycles. The number of H-pyrrole nitrogens is 1. The Bertz CT molecular complexity index is 1180. The van der Waals surface area contributed by atoms with Gasteiger partial charge in [0.25, 0.3) is 0 Å². The number of carbonyl (C=O) groups excluding carboxylic acids is 1. The number of likely N-dealkylation sites (tertiary alicyclic amines) is 2. The SMILES string of the molecule is O=C1[C@H](N2CCC(c3ccc4[nH]c(=O)oc4c3)CC2)CCN1Cc1ccc(F)c(F)c1. The van der Waals surface area contributed by atoms with E-state index >= 15 is 0 Å². The number of carbonyl (C=O) groups is 1. The van der Waals surface area contributed by atoms with Gasteiger partial charge < -0.3 is 9.32 Å². The Morgan fingerprint density at radius 2 is 1.77 bits per heavy atom. The van der Waals surface area contributed by atoms with E-state index in [4.69, 9.17) is 4.42 Å². The molecule has 0 saturated carbocycles. The molecule has 2 fully saturated rings. The van der Waals surface area contributed by atoms with Gasteiger partial charge in [-0.1, -0.05) is 12.1 Å². The van der Waals surface area contributed by atoms with E-state index in [1.54, 1.807) is 4.90 Å². The molecule has 2 saturated heterocycles. The number of fused-ring (bicyclic) bond motifs is 1. The minimum Gasteiger partial charge on any atom is -0.408 e. The predicted octanol–water partition coefficient (Wildman–Crippen LogP) is 3.38. The summed E-state index contributed by atoms with van der Waals surface area (Å²) in [7, 11) is 0. The van der Waals surface area contributed by atoms with Gasteiger partial charge in [-0.3, -0.25) is 14.7 Å². The number of oxazole rings is 1. The number of hydrogen-bond acceptors (Lipinski definition) is 4. The minimum absolute atomic E-state index is 0.0544. The van der Waals surface area contributed by atoms with Gasteiger partial charge in [-0.2, -0.15) is 0 Å². The summed E-state index contributed by atoms with van der Waals surface area (Å²) >= 11 is 0. The average molecular weight is 427 g/mol. The molecule has 162 valence electrons. The topological polar surface area (TPSA) is 69.5 Å². The highest BCUT2D eigenvalue weighted by Crippen LogP contribution is 2.32. The summed E-state index contributed by atoms with van der Waals surface area (Å²) in [6.45, 7) is 2.54. The van der Waals surface area contributed by atoms with Gasteiger partial charge in [0.15, 0.2) is 17.2 Å². The number of benzene rings is 2. The Labute approximate surface area is 177 Å². The Hall–Kier alpha value is -3.00. The van der Waals surface area contributed by atoms with Crippen LogP contribution in [-0.4, -0.2) is 46.4 Å². The number of nitrogens with zero attached hydrogens (tertiary/aromatic N) is 2. The number of halogens is 2. The molecular weight excluding hydrogens is 404 g/mol. The van der Waals surface area contributed by atoms with Crippen LogP contribution in [0.15, 0.2) is 45.6 Å². The molecule has 3 heterocycles. The van der Waals surface area contributed by atoms with E-state index in [-0.39, 0.29) is 11.9 Å². The Kier molecular flexibility index (Phi) is 5.09. The van der Waals surface area contributed by atoms with Gasteiger partial charge in [0.05, 0.1) is 11.6 Å². The number of hydrogen-bond donors (Lipinski definition) is 1. The van der Waals surface area contributed by atoms with Crippen LogP contribution in [0.5, 0.6) is 0 Å². The molecule has 3 aromatic rings. The maximum absolute atomic E-state index is 13.5. The summed E-state index contributed by atoms with van der Waals surface area (Å²) in [6.07, 6.45) is 2.59. The van der Waals surface area contributed by atoms with Gasteiger partial charge >= 0.3 is 5.76 Å². The highest BCUT2D eigenvalue weighted by atomic mass is 19.2.